The summed E-state index contributed by atoms with van der Waals surface area (Å²) in [4.78, 5) is 13.4. The van der Waals surface area contributed by atoms with Crippen LogP contribution >= 0.6 is 0 Å². The van der Waals surface area contributed by atoms with Crippen LogP contribution in [0.3, 0.4) is 0 Å². The number of nitrogens with one attached hydrogen (secondary N) is 1. The van der Waals surface area contributed by atoms with E-state index >= 15 is 0 Å². The molecule has 2 heterocycles. The van der Waals surface area contributed by atoms with Crippen molar-refractivity contribution in [3.05, 3.63) is 17.5 Å². The van der Waals surface area contributed by atoms with Gasteiger partial charge in [-0.1, -0.05) is 6.42 Å². The molecule has 106 valence electrons. The number of aromatic carboxylic acids is 1. The maximum Gasteiger partial charge on any atom is 0.339 e. The molecule has 0 radical (unpaired) electrons. The highest BCUT2D eigenvalue weighted by molar-refractivity contribution is 5.88. The minimum atomic E-state index is -0.917. The molecule has 1 fully saturated rings. The Bertz CT molecular complexity index is 444. The topological polar surface area (TPSA) is 70.4 Å². The number of carbonyl (C=O) groups is 1. The zero-order valence-corrected chi connectivity index (χ0v) is 11.6. The molecule has 1 atom stereocenters. The molecule has 0 bridgehead atoms. The third kappa shape index (κ3) is 3.33. The minimum absolute atomic E-state index is 0.284. The van der Waals surface area contributed by atoms with Crippen LogP contribution in [0.1, 0.15) is 35.3 Å². The third-order valence-electron chi connectivity index (χ3n) is 3.89. The maximum absolute atomic E-state index is 11.1. The first kappa shape index (κ1) is 14.0. The van der Waals surface area contributed by atoms with Gasteiger partial charge in [-0.15, -0.1) is 0 Å². The lowest BCUT2D eigenvalue weighted by Crippen LogP contribution is -2.43. The third-order valence-corrected chi connectivity index (χ3v) is 3.89. The normalized spacial score (nSPS) is 20.6. The molecule has 1 aliphatic heterocycles. The molecule has 1 saturated heterocycles. The second-order valence-electron chi connectivity index (χ2n) is 5.19. The van der Waals surface area contributed by atoms with E-state index in [9.17, 15) is 4.79 Å². The first-order valence-corrected chi connectivity index (χ1v) is 6.74. The van der Waals surface area contributed by atoms with E-state index in [-0.39, 0.29) is 5.56 Å². The van der Waals surface area contributed by atoms with Crippen LogP contribution < -0.4 is 5.32 Å². The summed E-state index contributed by atoms with van der Waals surface area (Å²) in [7, 11) is 3.93. The van der Waals surface area contributed by atoms with Crippen molar-refractivity contribution in [2.75, 3.05) is 20.1 Å². The molecule has 1 aromatic rings. The van der Waals surface area contributed by atoms with Crippen LogP contribution in [0.25, 0.3) is 0 Å². The van der Waals surface area contributed by atoms with Crippen molar-refractivity contribution < 1.29 is 9.90 Å². The number of aromatic nitrogens is 2. The molecule has 0 amide bonds. The number of likely N-dealkylation sites (tertiary alicyclic amines) is 1. The van der Waals surface area contributed by atoms with Crippen LogP contribution in [0.15, 0.2) is 6.20 Å². The number of likely N-dealkylation sites (N-methyl/N-ethyl adjacent to an activating group) is 1. The Labute approximate surface area is 113 Å². The number of carboxylic acid groups (broad SMARTS) is 1. The van der Waals surface area contributed by atoms with Crippen molar-refractivity contribution in [1.82, 2.24) is 20.0 Å². The highest BCUT2D eigenvalue weighted by Crippen LogP contribution is 2.14. The van der Waals surface area contributed by atoms with E-state index in [2.05, 4.69) is 22.4 Å². The Balaban J connectivity index is 1.88. The van der Waals surface area contributed by atoms with Gasteiger partial charge < -0.3 is 15.3 Å². The highest BCUT2D eigenvalue weighted by atomic mass is 16.4. The summed E-state index contributed by atoms with van der Waals surface area (Å²) in [6.45, 7) is 2.58. The minimum Gasteiger partial charge on any atom is -0.478 e. The second kappa shape index (κ2) is 6.16. The van der Waals surface area contributed by atoms with E-state index in [4.69, 9.17) is 5.11 Å². The highest BCUT2D eigenvalue weighted by Gasteiger charge is 2.19. The van der Waals surface area contributed by atoms with Crippen LogP contribution in [0.5, 0.6) is 0 Å². The van der Waals surface area contributed by atoms with E-state index in [1.165, 1.54) is 25.5 Å². The summed E-state index contributed by atoms with van der Waals surface area (Å²) in [6.07, 6.45) is 5.17. The number of rotatable bonds is 5. The summed E-state index contributed by atoms with van der Waals surface area (Å²) in [5, 5.41) is 16.4. The van der Waals surface area contributed by atoms with Gasteiger partial charge in [-0.3, -0.25) is 4.68 Å². The van der Waals surface area contributed by atoms with Gasteiger partial charge in [0.05, 0.1) is 11.9 Å². The Morgan fingerprint density at radius 1 is 1.53 bits per heavy atom. The second-order valence-corrected chi connectivity index (χ2v) is 5.19. The lowest BCUT2D eigenvalue weighted by Gasteiger charge is -2.32. The van der Waals surface area contributed by atoms with E-state index in [1.54, 1.807) is 11.7 Å². The Morgan fingerprint density at radius 2 is 2.32 bits per heavy atom. The molecule has 0 saturated carbocycles. The summed E-state index contributed by atoms with van der Waals surface area (Å²) >= 11 is 0. The first-order chi connectivity index (χ1) is 9.09. The van der Waals surface area contributed by atoms with Gasteiger partial charge in [0.25, 0.3) is 0 Å². The Morgan fingerprint density at radius 3 is 3.00 bits per heavy atom. The molecule has 2 rings (SSSR count). The lowest BCUT2D eigenvalue weighted by atomic mass is 10.0. The number of hydrogen-bond donors (Lipinski definition) is 2. The van der Waals surface area contributed by atoms with Gasteiger partial charge in [-0.05, 0) is 26.4 Å². The zero-order chi connectivity index (χ0) is 13.8. The molecule has 0 aliphatic carbocycles. The van der Waals surface area contributed by atoms with Crippen LogP contribution in [-0.4, -0.2) is 51.9 Å². The van der Waals surface area contributed by atoms with Gasteiger partial charge in [0.15, 0.2) is 0 Å². The van der Waals surface area contributed by atoms with E-state index in [1.807, 2.05) is 0 Å². The molecule has 6 nitrogen and oxygen atoms in total. The molecule has 1 aromatic heterocycles. The van der Waals surface area contributed by atoms with E-state index < -0.39 is 5.97 Å². The predicted molar refractivity (Wildman–Crippen MR) is 72.1 cm³/mol. The predicted octanol–water partition coefficient (Wildman–Crippen LogP) is 0.692. The summed E-state index contributed by atoms with van der Waals surface area (Å²) in [5.74, 6) is -0.917. The fourth-order valence-corrected chi connectivity index (χ4v) is 2.61. The molecule has 0 aromatic carbocycles. The molecule has 1 aliphatic rings. The number of carboxylic acids is 1. The van der Waals surface area contributed by atoms with Gasteiger partial charge in [0, 0.05) is 26.2 Å². The van der Waals surface area contributed by atoms with Crippen molar-refractivity contribution in [3.8, 4) is 0 Å². The smallest absolute Gasteiger partial charge is 0.339 e. The van der Waals surface area contributed by atoms with Crippen molar-refractivity contribution in [3.63, 3.8) is 0 Å². The zero-order valence-electron chi connectivity index (χ0n) is 11.6. The van der Waals surface area contributed by atoms with Gasteiger partial charge in [0.1, 0.15) is 5.56 Å². The Kier molecular flexibility index (Phi) is 4.55. The van der Waals surface area contributed by atoms with Crippen molar-refractivity contribution >= 4 is 5.97 Å². The van der Waals surface area contributed by atoms with Crippen molar-refractivity contribution in [2.24, 2.45) is 7.05 Å². The summed E-state index contributed by atoms with van der Waals surface area (Å²) in [6, 6.07) is 0.551. The number of hydrogen-bond acceptors (Lipinski definition) is 4. The van der Waals surface area contributed by atoms with Crippen LogP contribution in [0, 0.1) is 0 Å². The van der Waals surface area contributed by atoms with Gasteiger partial charge in [-0.2, -0.15) is 5.10 Å². The van der Waals surface area contributed by atoms with Crippen LogP contribution in [-0.2, 0) is 13.6 Å². The molecule has 19 heavy (non-hydrogen) atoms. The number of piperidine rings is 1. The summed E-state index contributed by atoms with van der Waals surface area (Å²) in [5.41, 5.74) is 1.01. The molecule has 6 heteroatoms. The quantitative estimate of drug-likeness (QED) is 0.820. The molecule has 0 spiro atoms. The van der Waals surface area contributed by atoms with Crippen molar-refractivity contribution in [1.29, 1.82) is 0 Å². The first-order valence-electron chi connectivity index (χ1n) is 6.74. The fraction of sp³-hybridized carbons (Fsp3) is 0.692. The maximum atomic E-state index is 11.1. The van der Waals surface area contributed by atoms with Crippen molar-refractivity contribution in [2.45, 2.75) is 31.8 Å². The number of aryl methyl sites for hydroxylation is 1. The van der Waals surface area contributed by atoms with Gasteiger partial charge in [-0.25, -0.2) is 4.79 Å². The average Bonchev–Trinajstić information content (AvgIpc) is 2.74. The largest absolute Gasteiger partial charge is 0.478 e. The standard InChI is InChI=1S/C13H22N4O2/c1-16-6-4-3-5-10(16)7-14-9-12-11(13(18)19)8-15-17(12)2/h8,10,14H,3-7,9H2,1-2H3,(H,18,19). The monoisotopic (exact) mass is 266 g/mol. The molecular weight excluding hydrogens is 244 g/mol. The van der Waals surface area contributed by atoms with Crippen LogP contribution in [0.4, 0.5) is 0 Å². The van der Waals surface area contributed by atoms with Gasteiger partial charge >= 0.3 is 5.97 Å². The Hall–Kier alpha value is -1.40. The average molecular weight is 266 g/mol. The van der Waals surface area contributed by atoms with Crippen LogP contribution in [0.2, 0.25) is 0 Å². The lowest BCUT2D eigenvalue weighted by molar-refractivity contribution is 0.0695. The molecule has 2 N–H and O–H groups in total. The summed E-state index contributed by atoms with van der Waals surface area (Å²) < 4.78 is 1.63. The SMILES string of the molecule is CN1CCCCC1CNCc1c(C(=O)O)cnn1C. The number of nitrogens with zero attached hydrogens (tertiary/aromatic N) is 3. The van der Waals surface area contributed by atoms with E-state index in [0.717, 1.165) is 18.8 Å². The van der Waals surface area contributed by atoms with E-state index in [0.29, 0.717) is 12.6 Å². The molecular formula is C13H22N4O2. The fourth-order valence-electron chi connectivity index (χ4n) is 2.61. The van der Waals surface area contributed by atoms with Gasteiger partial charge in [0.2, 0.25) is 0 Å². The molecule has 1 unspecified atom stereocenters.